The number of primary amides is 1. The maximum Gasteiger partial charge on any atom is 0.433 e. The van der Waals surface area contributed by atoms with Gasteiger partial charge in [0.2, 0.25) is 0 Å². The highest BCUT2D eigenvalue weighted by atomic mass is 32.1. The number of aryl methyl sites for hydroxylation is 3. The zero-order chi connectivity index (χ0) is 26.6. The molecule has 0 aliphatic rings. The number of carbonyl (C=O) groups excluding carboxylic acids is 2. The molecular formula is C23H19F3N8O2S. The number of pyridine rings is 1. The molecule has 0 saturated heterocycles. The van der Waals surface area contributed by atoms with Crippen molar-refractivity contribution in [3.05, 3.63) is 58.1 Å². The second-order valence-electron chi connectivity index (χ2n) is 8.23. The van der Waals surface area contributed by atoms with Crippen LogP contribution in [-0.2, 0) is 12.7 Å². The number of halogens is 3. The molecule has 14 heteroatoms. The van der Waals surface area contributed by atoms with Crippen LogP contribution in [0.2, 0.25) is 0 Å². The van der Waals surface area contributed by atoms with Crippen molar-refractivity contribution in [2.24, 2.45) is 5.73 Å². The average molecular weight is 529 g/mol. The standard InChI is InChI=1S/C23H19F3N8O2S/c1-4-33-9-13(11(3)32-33)14-5-6-28-20-12(8-29-34(14)20)21(36)31-17-16-10(2)7-15(23(24,25)26)30-22(16)37-18(17)19(27)35/h5-9H,4H2,1-3H3,(H2,27,35)(H,31,36). The molecular weight excluding hydrogens is 509 g/mol. The number of carbonyl (C=O) groups is 2. The monoisotopic (exact) mass is 528 g/mol. The highest BCUT2D eigenvalue weighted by Gasteiger charge is 2.34. The van der Waals surface area contributed by atoms with E-state index in [1.807, 2.05) is 20.0 Å². The molecule has 0 saturated carbocycles. The van der Waals surface area contributed by atoms with Crippen molar-refractivity contribution in [3.63, 3.8) is 0 Å². The second kappa shape index (κ2) is 8.65. The Morgan fingerprint density at radius 1 is 1.24 bits per heavy atom. The van der Waals surface area contributed by atoms with Crippen LogP contribution in [0.15, 0.2) is 30.7 Å². The first kappa shape index (κ1) is 24.4. The number of alkyl halides is 3. The molecule has 0 aliphatic carbocycles. The quantitative estimate of drug-likeness (QED) is 0.351. The number of rotatable bonds is 5. The molecule has 190 valence electrons. The van der Waals surface area contributed by atoms with Gasteiger partial charge in [0, 0.05) is 29.9 Å². The Hall–Kier alpha value is -4.33. The van der Waals surface area contributed by atoms with Crippen LogP contribution in [0.4, 0.5) is 18.9 Å². The minimum absolute atomic E-state index is 0.00760. The van der Waals surface area contributed by atoms with Gasteiger partial charge in [0.15, 0.2) is 5.65 Å². The second-order valence-corrected chi connectivity index (χ2v) is 9.23. The van der Waals surface area contributed by atoms with E-state index in [2.05, 4.69) is 25.5 Å². The minimum atomic E-state index is -4.67. The Morgan fingerprint density at radius 3 is 2.65 bits per heavy atom. The van der Waals surface area contributed by atoms with Gasteiger partial charge in [-0.25, -0.2) is 14.5 Å². The summed E-state index contributed by atoms with van der Waals surface area (Å²) in [6.07, 6.45) is 0.0539. The van der Waals surface area contributed by atoms with E-state index in [1.165, 1.54) is 23.8 Å². The van der Waals surface area contributed by atoms with E-state index in [0.717, 1.165) is 17.3 Å². The number of fused-ring (bicyclic) bond motifs is 2. The maximum absolute atomic E-state index is 13.3. The van der Waals surface area contributed by atoms with Crippen molar-refractivity contribution in [2.45, 2.75) is 33.5 Å². The van der Waals surface area contributed by atoms with Gasteiger partial charge < -0.3 is 11.1 Å². The molecule has 0 bridgehead atoms. The number of nitrogens with two attached hydrogens (primary N) is 1. The Kier molecular flexibility index (Phi) is 5.70. The smallest absolute Gasteiger partial charge is 0.365 e. The molecule has 0 aliphatic heterocycles. The van der Waals surface area contributed by atoms with Gasteiger partial charge >= 0.3 is 6.18 Å². The molecule has 0 aromatic carbocycles. The predicted molar refractivity (Wildman–Crippen MR) is 130 cm³/mol. The first-order chi connectivity index (χ1) is 17.5. The molecule has 0 atom stereocenters. The fourth-order valence-electron chi connectivity index (χ4n) is 4.09. The molecule has 0 spiro atoms. The highest BCUT2D eigenvalue weighted by molar-refractivity contribution is 7.21. The van der Waals surface area contributed by atoms with Crippen LogP contribution < -0.4 is 11.1 Å². The molecule has 10 nitrogen and oxygen atoms in total. The van der Waals surface area contributed by atoms with Crippen LogP contribution in [0, 0.1) is 13.8 Å². The highest BCUT2D eigenvalue weighted by Crippen LogP contribution is 2.40. The van der Waals surface area contributed by atoms with Crippen LogP contribution >= 0.6 is 11.3 Å². The van der Waals surface area contributed by atoms with Crippen LogP contribution in [0.5, 0.6) is 0 Å². The van der Waals surface area contributed by atoms with Gasteiger partial charge in [0.25, 0.3) is 11.8 Å². The van der Waals surface area contributed by atoms with Gasteiger partial charge in [-0.3, -0.25) is 14.3 Å². The molecule has 2 amide bonds. The van der Waals surface area contributed by atoms with Gasteiger partial charge in [-0.1, -0.05) is 0 Å². The lowest BCUT2D eigenvalue weighted by atomic mass is 10.1. The Bertz CT molecular complexity index is 1720. The van der Waals surface area contributed by atoms with E-state index in [9.17, 15) is 22.8 Å². The summed E-state index contributed by atoms with van der Waals surface area (Å²) in [5, 5.41) is 11.6. The third-order valence-electron chi connectivity index (χ3n) is 5.80. The topological polar surface area (TPSA) is 133 Å². The molecule has 3 N–H and O–H groups in total. The van der Waals surface area contributed by atoms with Crippen LogP contribution in [0.1, 0.15) is 43.9 Å². The number of amides is 2. The zero-order valence-corrected chi connectivity index (χ0v) is 20.5. The average Bonchev–Trinajstić information content (AvgIpc) is 3.53. The summed E-state index contributed by atoms with van der Waals surface area (Å²) in [6.45, 7) is 5.94. The molecule has 5 aromatic rings. The fourth-order valence-corrected chi connectivity index (χ4v) is 5.15. The van der Waals surface area contributed by atoms with E-state index in [1.54, 1.807) is 10.7 Å². The number of hydrogen-bond acceptors (Lipinski definition) is 7. The van der Waals surface area contributed by atoms with Gasteiger partial charge in [0.05, 0.1) is 23.3 Å². The number of aromatic nitrogens is 6. The van der Waals surface area contributed by atoms with Crippen molar-refractivity contribution in [1.82, 2.24) is 29.4 Å². The Labute approximate surface area is 210 Å². The predicted octanol–water partition coefficient (Wildman–Crippen LogP) is 4.21. The summed E-state index contributed by atoms with van der Waals surface area (Å²) < 4.78 is 43.1. The molecule has 37 heavy (non-hydrogen) atoms. The summed E-state index contributed by atoms with van der Waals surface area (Å²) >= 11 is 0.679. The van der Waals surface area contributed by atoms with Gasteiger partial charge in [0.1, 0.15) is 21.0 Å². The summed E-state index contributed by atoms with van der Waals surface area (Å²) in [6, 6.07) is 2.61. The van der Waals surface area contributed by atoms with E-state index in [-0.39, 0.29) is 37.6 Å². The van der Waals surface area contributed by atoms with Crippen molar-refractivity contribution in [1.29, 1.82) is 0 Å². The molecule has 0 unspecified atom stereocenters. The number of anilines is 1. The third kappa shape index (κ3) is 4.08. The summed E-state index contributed by atoms with van der Waals surface area (Å²) in [5.41, 5.74) is 7.14. The number of nitrogens with one attached hydrogen (secondary N) is 1. The number of thiophene rings is 1. The lowest BCUT2D eigenvalue weighted by Gasteiger charge is -2.09. The fraction of sp³-hybridized carbons (Fsp3) is 0.217. The van der Waals surface area contributed by atoms with Crippen molar-refractivity contribution in [3.8, 4) is 11.3 Å². The molecule has 5 rings (SSSR count). The van der Waals surface area contributed by atoms with Gasteiger partial charge in [-0.05, 0) is 38.5 Å². The first-order valence-corrected chi connectivity index (χ1v) is 11.8. The molecule has 5 aromatic heterocycles. The Morgan fingerprint density at radius 2 is 2.00 bits per heavy atom. The summed E-state index contributed by atoms with van der Waals surface area (Å²) in [5.74, 6) is -1.57. The van der Waals surface area contributed by atoms with Crippen LogP contribution in [0.3, 0.4) is 0 Å². The van der Waals surface area contributed by atoms with Crippen LogP contribution in [-0.4, -0.2) is 41.2 Å². The van der Waals surface area contributed by atoms with Crippen molar-refractivity contribution >= 4 is 44.7 Å². The van der Waals surface area contributed by atoms with Crippen molar-refractivity contribution < 1.29 is 22.8 Å². The number of nitrogens with zero attached hydrogens (tertiary/aromatic N) is 6. The summed E-state index contributed by atoms with van der Waals surface area (Å²) in [4.78, 5) is 33.2. The SMILES string of the molecule is CCn1cc(-c2ccnc3c(C(=O)Nc4c(C(N)=O)sc5nc(C(F)(F)F)cc(C)c45)cnn23)c(C)n1. The Balaban J connectivity index is 1.59. The lowest BCUT2D eigenvalue weighted by Crippen LogP contribution is -2.17. The first-order valence-electron chi connectivity index (χ1n) is 11.0. The maximum atomic E-state index is 13.3. The van der Waals surface area contributed by atoms with E-state index < -0.39 is 23.7 Å². The van der Waals surface area contributed by atoms with Gasteiger partial charge in [-0.15, -0.1) is 11.3 Å². The number of hydrogen-bond donors (Lipinski definition) is 2. The van der Waals surface area contributed by atoms with E-state index >= 15 is 0 Å². The zero-order valence-electron chi connectivity index (χ0n) is 19.7. The largest absolute Gasteiger partial charge is 0.433 e. The summed E-state index contributed by atoms with van der Waals surface area (Å²) in [7, 11) is 0. The molecule has 0 fully saturated rings. The minimum Gasteiger partial charge on any atom is -0.365 e. The van der Waals surface area contributed by atoms with E-state index in [4.69, 9.17) is 5.73 Å². The van der Waals surface area contributed by atoms with Crippen molar-refractivity contribution in [2.75, 3.05) is 5.32 Å². The van der Waals surface area contributed by atoms with Crippen LogP contribution in [0.25, 0.3) is 27.1 Å². The lowest BCUT2D eigenvalue weighted by molar-refractivity contribution is -0.141. The van der Waals surface area contributed by atoms with Gasteiger partial charge in [-0.2, -0.15) is 23.4 Å². The normalized spacial score (nSPS) is 11.9. The molecule has 5 heterocycles. The molecule has 0 radical (unpaired) electrons. The van der Waals surface area contributed by atoms with E-state index in [0.29, 0.717) is 23.6 Å². The third-order valence-corrected chi connectivity index (χ3v) is 6.90.